The van der Waals surface area contributed by atoms with Gasteiger partial charge in [0.25, 0.3) is 5.69 Å². The largest absolute Gasteiger partial charge is 0.872 e. The van der Waals surface area contributed by atoms with E-state index in [1.54, 1.807) is 0 Å². The SMILES string of the molecule is Cc1cccc(C)c1N=Cc1cc([N+](=O)[O-])ccc1[O-]. The van der Waals surface area contributed by atoms with E-state index in [1.165, 1.54) is 24.4 Å². The molecule has 0 bridgehead atoms. The maximum atomic E-state index is 11.7. The number of benzene rings is 2. The summed E-state index contributed by atoms with van der Waals surface area (Å²) in [7, 11) is 0. The van der Waals surface area contributed by atoms with Gasteiger partial charge in [-0.25, -0.2) is 0 Å². The number of hydrogen-bond donors (Lipinski definition) is 0. The van der Waals surface area contributed by atoms with E-state index < -0.39 is 4.92 Å². The summed E-state index contributed by atoms with van der Waals surface area (Å²) >= 11 is 0. The fourth-order valence-corrected chi connectivity index (χ4v) is 1.89. The van der Waals surface area contributed by atoms with Crippen molar-refractivity contribution >= 4 is 17.6 Å². The lowest BCUT2D eigenvalue weighted by Crippen LogP contribution is -1.98. The lowest BCUT2D eigenvalue weighted by molar-refractivity contribution is -0.385. The number of aliphatic imine (C=N–C) groups is 1. The molecule has 0 N–H and O–H groups in total. The molecule has 0 aliphatic rings. The Hall–Kier alpha value is -2.69. The van der Waals surface area contributed by atoms with Gasteiger partial charge in [-0.2, -0.15) is 0 Å². The number of hydrogen-bond acceptors (Lipinski definition) is 4. The number of aryl methyl sites for hydroxylation is 2. The van der Waals surface area contributed by atoms with Crippen molar-refractivity contribution in [2.75, 3.05) is 0 Å². The van der Waals surface area contributed by atoms with Crippen molar-refractivity contribution in [1.82, 2.24) is 0 Å². The Labute approximate surface area is 116 Å². The van der Waals surface area contributed by atoms with Gasteiger partial charge < -0.3 is 5.11 Å². The lowest BCUT2D eigenvalue weighted by atomic mass is 10.1. The minimum Gasteiger partial charge on any atom is -0.872 e. The van der Waals surface area contributed by atoms with E-state index in [1.807, 2.05) is 32.0 Å². The van der Waals surface area contributed by atoms with E-state index in [0.717, 1.165) is 16.8 Å². The summed E-state index contributed by atoms with van der Waals surface area (Å²) in [6.45, 7) is 3.84. The van der Waals surface area contributed by atoms with Crippen molar-refractivity contribution in [2.45, 2.75) is 13.8 Å². The van der Waals surface area contributed by atoms with Crippen LogP contribution in [0.1, 0.15) is 16.7 Å². The van der Waals surface area contributed by atoms with Crippen molar-refractivity contribution < 1.29 is 10.0 Å². The van der Waals surface area contributed by atoms with Crippen LogP contribution >= 0.6 is 0 Å². The number of nitrogens with zero attached hydrogens (tertiary/aromatic N) is 2. The van der Waals surface area contributed by atoms with Gasteiger partial charge in [-0.05, 0) is 30.5 Å². The summed E-state index contributed by atoms with van der Waals surface area (Å²) in [6, 6.07) is 9.38. The second-order valence-corrected chi connectivity index (χ2v) is 4.48. The van der Waals surface area contributed by atoms with Gasteiger partial charge in [-0.1, -0.05) is 30.0 Å². The van der Waals surface area contributed by atoms with Gasteiger partial charge in [0.15, 0.2) is 0 Å². The first-order valence-corrected chi connectivity index (χ1v) is 6.05. The molecule has 0 heterocycles. The average molecular weight is 269 g/mol. The molecule has 0 atom stereocenters. The third-order valence-electron chi connectivity index (χ3n) is 2.98. The number of nitro benzene ring substituents is 1. The van der Waals surface area contributed by atoms with E-state index in [0.29, 0.717) is 0 Å². The van der Waals surface area contributed by atoms with Crippen molar-refractivity contribution in [2.24, 2.45) is 4.99 Å². The van der Waals surface area contributed by atoms with E-state index in [-0.39, 0.29) is 17.0 Å². The molecular weight excluding hydrogens is 256 g/mol. The number of rotatable bonds is 3. The maximum absolute atomic E-state index is 11.7. The van der Waals surface area contributed by atoms with Crippen molar-refractivity contribution in [3.8, 4) is 5.75 Å². The highest BCUT2D eigenvalue weighted by Gasteiger charge is 2.06. The van der Waals surface area contributed by atoms with Gasteiger partial charge in [-0.3, -0.25) is 15.1 Å². The van der Waals surface area contributed by atoms with Gasteiger partial charge in [-0.15, -0.1) is 0 Å². The van der Waals surface area contributed by atoms with E-state index in [9.17, 15) is 15.2 Å². The van der Waals surface area contributed by atoms with E-state index in [4.69, 9.17) is 0 Å². The van der Waals surface area contributed by atoms with Gasteiger partial charge in [0.2, 0.25) is 0 Å². The van der Waals surface area contributed by atoms with Crippen molar-refractivity contribution in [1.29, 1.82) is 0 Å². The van der Waals surface area contributed by atoms with Crippen LogP contribution in [-0.2, 0) is 0 Å². The standard InChI is InChI=1S/C15H14N2O3/c1-10-4-3-5-11(2)15(10)16-9-12-8-13(17(19)20)6-7-14(12)18/h3-9,18H,1-2H3/p-1. The quantitative estimate of drug-likeness (QED) is 0.488. The van der Waals surface area contributed by atoms with E-state index >= 15 is 0 Å². The second kappa shape index (κ2) is 5.52. The summed E-state index contributed by atoms with van der Waals surface area (Å²) in [4.78, 5) is 14.5. The molecule has 0 saturated heterocycles. The summed E-state index contributed by atoms with van der Waals surface area (Å²) in [6.07, 6.45) is 1.38. The zero-order valence-corrected chi connectivity index (χ0v) is 11.2. The van der Waals surface area contributed by atoms with Crippen LogP contribution in [0, 0.1) is 24.0 Å². The Kier molecular flexibility index (Phi) is 3.79. The molecule has 0 amide bonds. The molecule has 0 aliphatic heterocycles. The highest BCUT2D eigenvalue weighted by molar-refractivity contribution is 5.86. The van der Waals surface area contributed by atoms with Gasteiger partial charge in [0.05, 0.1) is 10.6 Å². The second-order valence-electron chi connectivity index (χ2n) is 4.48. The molecule has 0 radical (unpaired) electrons. The van der Waals surface area contributed by atoms with Crippen LogP contribution in [0.2, 0.25) is 0 Å². The first kappa shape index (κ1) is 13.7. The Morgan fingerprint density at radius 3 is 2.40 bits per heavy atom. The molecule has 5 heteroatoms. The van der Waals surface area contributed by atoms with E-state index in [2.05, 4.69) is 4.99 Å². The minimum atomic E-state index is -0.532. The molecule has 0 aliphatic carbocycles. The number of nitro groups is 1. The molecule has 2 aromatic carbocycles. The Bertz CT molecular complexity index is 673. The fraction of sp³-hybridized carbons (Fsp3) is 0.133. The monoisotopic (exact) mass is 269 g/mol. The summed E-state index contributed by atoms with van der Waals surface area (Å²) in [5, 5.41) is 22.4. The van der Waals surface area contributed by atoms with Crippen LogP contribution in [0.15, 0.2) is 41.4 Å². The highest BCUT2D eigenvalue weighted by atomic mass is 16.6. The molecule has 20 heavy (non-hydrogen) atoms. The van der Waals surface area contributed by atoms with Crippen molar-refractivity contribution in [3.05, 3.63) is 63.2 Å². The molecule has 2 aromatic rings. The normalized spacial score (nSPS) is 10.9. The molecule has 0 spiro atoms. The van der Waals surface area contributed by atoms with Gasteiger partial charge in [0.1, 0.15) is 0 Å². The van der Waals surface area contributed by atoms with Crippen molar-refractivity contribution in [3.63, 3.8) is 0 Å². The Morgan fingerprint density at radius 1 is 1.15 bits per heavy atom. The first-order chi connectivity index (χ1) is 9.49. The molecule has 5 nitrogen and oxygen atoms in total. The molecule has 102 valence electrons. The summed E-state index contributed by atoms with van der Waals surface area (Å²) in [5.74, 6) is -0.286. The summed E-state index contributed by atoms with van der Waals surface area (Å²) < 4.78 is 0. The fourth-order valence-electron chi connectivity index (χ4n) is 1.89. The zero-order chi connectivity index (χ0) is 14.7. The minimum absolute atomic E-state index is 0.118. The highest BCUT2D eigenvalue weighted by Crippen LogP contribution is 2.24. The molecule has 2 rings (SSSR count). The van der Waals surface area contributed by atoms with Crippen LogP contribution in [0.25, 0.3) is 0 Å². The van der Waals surface area contributed by atoms with Gasteiger partial charge in [0, 0.05) is 18.3 Å². The molecule has 0 saturated carbocycles. The van der Waals surface area contributed by atoms with Gasteiger partial charge >= 0.3 is 0 Å². The van der Waals surface area contributed by atoms with Crippen LogP contribution < -0.4 is 5.11 Å². The predicted molar refractivity (Wildman–Crippen MR) is 75.7 cm³/mol. The maximum Gasteiger partial charge on any atom is 0.270 e. The van der Waals surface area contributed by atoms with Crippen LogP contribution in [0.4, 0.5) is 11.4 Å². The van der Waals surface area contributed by atoms with Crippen LogP contribution in [0.5, 0.6) is 5.75 Å². The summed E-state index contributed by atoms with van der Waals surface area (Å²) in [5.41, 5.74) is 2.84. The smallest absolute Gasteiger partial charge is 0.270 e. The predicted octanol–water partition coefficient (Wildman–Crippen LogP) is 3.04. The Balaban J connectivity index is 2.41. The number of non-ortho nitro benzene ring substituents is 1. The number of para-hydroxylation sites is 1. The molecule has 0 fully saturated rings. The van der Waals surface area contributed by atoms with Crippen LogP contribution in [0.3, 0.4) is 0 Å². The third kappa shape index (κ3) is 2.83. The average Bonchev–Trinajstić information content (AvgIpc) is 2.39. The molecular formula is C15H13N2O3-. The van der Waals surface area contributed by atoms with Crippen LogP contribution in [-0.4, -0.2) is 11.1 Å². The topological polar surface area (TPSA) is 78.6 Å². The molecule has 0 unspecified atom stereocenters. The lowest BCUT2D eigenvalue weighted by Gasteiger charge is -2.09. The third-order valence-corrected chi connectivity index (χ3v) is 2.98. The first-order valence-electron chi connectivity index (χ1n) is 6.05. The Morgan fingerprint density at radius 2 is 1.80 bits per heavy atom. The molecule has 0 aromatic heterocycles. The zero-order valence-electron chi connectivity index (χ0n) is 11.2.